The molecule has 1 atom stereocenters. The summed E-state index contributed by atoms with van der Waals surface area (Å²) >= 11 is 1.37. The third kappa shape index (κ3) is 4.33. The first-order valence-electron chi connectivity index (χ1n) is 7.01. The second-order valence-corrected chi connectivity index (χ2v) is 6.30. The Hall–Kier alpha value is -1.37. The molecule has 1 aromatic heterocycles. The molecule has 6 nitrogen and oxygen atoms in total. The van der Waals surface area contributed by atoms with Crippen LogP contribution in [-0.2, 0) is 11.8 Å². The molecular weight excluding hydrogens is 274 g/mol. The van der Waals surface area contributed by atoms with Crippen LogP contribution in [-0.4, -0.2) is 37.9 Å². The quantitative estimate of drug-likeness (QED) is 0.639. The Kier molecular flexibility index (Phi) is 5.58. The molecule has 1 amide bonds. The van der Waals surface area contributed by atoms with E-state index in [1.165, 1.54) is 43.0 Å². The minimum Gasteiger partial charge on any atom is -0.355 e. The Morgan fingerprint density at radius 2 is 2.40 bits per heavy atom. The highest BCUT2D eigenvalue weighted by molar-refractivity contribution is 8.00. The number of carbonyl (C=O) groups excluding carboxylic acids is 1. The Balaban J connectivity index is 1.71. The lowest BCUT2D eigenvalue weighted by Gasteiger charge is -2.14. The molecule has 7 heteroatoms. The van der Waals surface area contributed by atoms with Gasteiger partial charge < -0.3 is 5.32 Å². The zero-order valence-corrected chi connectivity index (χ0v) is 12.8. The van der Waals surface area contributed by atoms with Gasteiger partial charge in [-0.15, -0.1) is 5.10 Å². The minimum absolute atomic E-state index is 0.0365. The lowest BCUT2D eigenvalue weighted by atomic mass is 9.97. The molecular formula is C13H21N5OS. The Morgan fingerprint density at radius 1 is 1.55 bits per heavy atom. The van der Waals surface area contributed by atoms with Crippen LogP contribution in [0.15, 0.2) is 16.8 Å². The van der Waals surface area contributed by atoms with Gasteiger partial charge in [0, 0.05) is 13.6 Å². The van der Waals surface area contributed by atoms with Crippen molar-refractivity contribution in [2.45, 2.75) is 49.4 Å². The van der Waals surface area contributed by atoms with Crippen LogP contribution in [0.1, 0.15) is 39.0 Å². The van der Waals surface area contributed by atoms with Gasteiger partial charge in [0.1, 0.15) is 0 Å². The summed E-state index contributed by atoms with van der Waals surface area (Å²) in [7, 11) is 1.77. The minimum atomic E-state index is -0.194. The van der Waals surface area contributed by atoms with E-state index in [1.54, 1.807) is 11.7 Å². The monoisotopic (exact) mass is 295 g/mol. The van der Waals surface area contributed by atoms with E-state index in [2.05, 4.69) is 26.9 Å². The van der Waals surface area contributed by atoms with Crippen molar-refractivity contribution in [3.8, 4) is 0 Å². The first-order valence-corrected chi connectivity index (χ1v) is 7.89. The van der Waals surface area contributed by atoms with Crippen molar-refractivity contribution in [1.29, 1.82) is 0 Å². The predicted octanol–water partition coefficient (Wildman–Crippen LogP) is 1.70. The van der Waals surface area contributed by atoms with Gasteiger partial charge in [0.05, 0.1) is 5.25 Å². The second-order valence-electron chi connectivity index (χ2n) is 4.99. The molecule has 0 spiro atoms. The average molecular weight is 295 g/mol. The van der Waals surface area contributed by atoms with Gasteiger partial charge in [-0.1, -0.05) is 23.4 Å². The molecule has 1 aliphatic rings. The summed E-state index contributed by atoms with van der Waals surface area (Å²) in [5.74, 6) is 0.0365. The van der Waals surface area contributed by atoms with Crippen LogP contribution in [0.5, 0.6) is 0 Å². The van der Waals surface area contributed by atoms with Crippen molar-refractivity contribution in [2.75, 3.05) is 6.54 Å². The molecule has 0 saturated carbocycles. The fraction of sp³-hybridized carbons (Fsp3) is 0.692. The fourth-order valence-electron chi connectivity index (χ4n) is 2.15. The zero-order valence-electron chi connectivity index (χ0n) is 12.0. The molecule has 20 heavy (non-hydrogen) atoms. The van der Waals surface area contributed by atoms with Gasteiger partial charge in [0.2, 0.25) is 11.1 Å². The lowest BCUT2D eigenvalue weighted by molar-refractivity contribution is -0.120. The molecule has 1 heterocycles. The first-order chi connectivity index (χ1) is 9.66. The Bertz CT molecular complexity index is 485. The number of nitrogens with zero attached hydrogens (tertiary/aromatic N) is 4. The molecule has 0 aromatic carbocycles. The second kappa shape index (κ2) is 7.42. The van der Waals surface area contributed by atoms with Crippen LogP contribution in [0.25, 0.3) is 0 Å². The lowest BCUT2D eigenvalue weighted by Crippen LogP contribution is -2.32. The predicted molar refractivity (Wildman–Crippen MR) is 78.3 cm³/mol. The van der Waals surface area contributed by atoms with Gasteiger partial charge >= 0.3 is 0 Å². The number of hydrogen-bond acceptors (Lipinski definition) is 5. The Morgan fingerprint density at radius 3 is 3.05 bits per heavy atom. The maximum atomic E-state index is 12.0. The van der Waals surface area contributed by atoms with E-state index >= 15 is 0 Å². The van der Waals surface area contributed by atoms with Crippen molar-refractivity contribution < 1.29 is 4.79 Å². The summed E-state index contributed by atoms with van der Waals surface area (Å²) in [6, 6.07) is 0. The number of tetrazole rings is 1. The van der Waals surface area contributed by atoms with Gasteiger partial charge in [0.15, 0.2) is 0 Å². The van der Waals surface area contributed by atoms with Crippen LogP contribution in [0, 0.1) is 0 Å². The molecule has 1 aliphatic carbocycles. The summed E-state index contributed by atoms with van der Waals surface area (Å²) in [5.41, 5.74) is 1.48. The molecule has 0 aliphatic heterocycles. The maximum absolute atomic E-state index is 12.0. The smallest absolute Gasteiger partial charge is 0.233 e. The number of aromatic nitrogens is 4. The van der Waals surface area contributed by atoms with Gasteiger partial charge in [0.25, 0.3) is 0 Å². The van der Waals surface area contributed by atoms with Crippen molar-refractivity contribution in [2.24, 2.45) is 7.05 Å². The Labute approximate surface area is 123 Å². The van der Waals surface area contributed by atoms with Crippen LogP contribution >= 0.6 is 11.8 Å². The number of rotatable bonds is 6. The molecule has 1 aromatic rings. The third-order valence-corrected chi connectivity index (χ3v) is 4.49. The zero-order chi connectivity index (χ0) is 14.4. The van der Waals surface area contributed by atoms with Crippen molar-refractivity contribution in [3.05, 3.63) is 11.6 Å². The molecule has 2 rings (SSSR count). The summed E-state index contributed by atoms with van der Waals surface area (Å²) in [6.07, 6.45) is 8.24. The molecule has 110 valence electrons. The van der Waals surface area contributed by atoms with Crippen LogP contribution in [0.4, 0.5) is 0 Å². The van der Waals surface area contributed by atoms with E-state index in [4.69, 9.17) is 0 Å². The molecule has 0 saturated heterocycles. The highest BCUT2D eigenvalue weighted by Gasteiger charge is 2.17. The number of amides is 1. The van der Waals surface area contributed by atoms with Crippen molar-refractivity contribution in [1.82, 2.24) is 25.5 Å². The number of carbonyl (C=O) groups is 1. The van der Waals surface area contributed by atoms with E-state index in [-0.39, 0.29) is 11.2 Å². The van der Waals surface area contributed by atoms with E-state index < -0.39 is 0 Å². The van der Waals surface area contributed by atoms with E-state index in [9.17, 15) is 4.79 Å². The molecule has 1 unspecified atom stereocenters. The van der Waals surface area contributed by atoms with Gasteiger partial charge in [-0.25, -0.2) is 4.68 Å². The number of thioether (sulfide) groups is 1. The standard InChI is InChI=1S/C13H21N5OS/c1-10(20-13-15-16-17-18(13)2)12(19)14-9-8-11-6-4-3-5-7-11/h6,10H,3-5,7-9H2,1-2H3,(H,14,19). The van der Waals surface area contributed by atoms with Crippen LogP contribution < -0.4 is 5.32 Å². The topological polar surface area (TPSA) is 72.7 Å². The number of nitrogens with one attached hydrogen (secondary N) is 1. The molecule has 0 bridgehead atoms. The highest BCUT2D eigenvalue weighted by Crippen LogP contribution is 2.20. The normalized spacial score (nSPS) is 16.6. The number of aryl methyl sites for hydroxylation is 1. The van der Waals surface area contributed by atoms with Crippen molar-refractivity contribution in [3.63, 3.8) is 0 Å². The average Bonchev–Trinajstić information content (AvgIpc) is 2.85. The molecule has 1 N–H and O–H groups in total. The third-order valence-electron chi connectivity index (χ3n) is 3.36. The summed E-state index contributed by atoms with van der Waals surface area (Å²) in [5, 5.41) is 14.6. The van der Waals surface area contributed by atoms with E-state index in [1.807, 2.05) is 6.92 Å². The highest BCUT2D eigenvalue weighted by atomic mass is 32.2. The van der Waals surface area contributed by atoms with E-state index in [0.717, 1.165) is 6.42 Å². The molecule has 0 fully saturated rings. The largest absolute Gasteiger partial charge is 0.355 e. The SMILES string of the molecule is CC(Sc1nnnn1C)C(=O)NCCC1=CCCCC1. The molecule has 0 radical (unpaired) electrons. The summed E-state index contributed by atoms with van der Waals surface area (Å²) < 4.78 is 1.57. The number of allylic oxidation sites excluding steroid dienone is 1. The number of hydrogen-bond donors (Lipinski definition) is 1. The van der Waals surface area contributed by atoms with Gasteiger partial charge in [-0.2, -0.15) is 0 Å². The fourth-order valence-corrected chi connectivity index (χ4v) is 2.93. The van der Waals surface area contributed by atoms with E-state index in [0.29, 0.717) is 11.7 Å². The van der Waals surface area contributed by atoms with Crippen LogP contribution in [0.2, 0.25) is 0 Å². The van der Waals surface area contributed by atoms with Crippen molar-refractivity contribution >= 4 is 17.7 Å². The first kappa shape index (κ1) is 15.0. The van der Waals surface area contributed by atoms with Gasteiger partial charge in [-0.3, -0.25) is 4.79 Å². The maximum Gasteiger partial charge on any atom is 0.233 e. The summed E-state index contributed by atoms with van der Waals surface area (Å²) in [6.45, 7) is 2.58. The summed E-state index contributed by atoms with van der Waals surface area (Å²) in [4.78, 5) is 12.0. The van der Waals surface area contributed by atoms with Gasteiger partial charge in [-0.05, 0) is 49.5 Å². The van der Waals surface area contributed by atoms with Crippen LogP contribution in [0.3, 0.4) is 0 Å².